The Morgan fingerprint density at radius 3 is 2.40 bits per heavy atom. The van der Waals surface area contributed by atoms with Crippen molar-refractivity contribution < 1.29 is 14.3 Å². The van der Waals surface area contributed by atoms with E-state index in [1.54, 1.807) is 20.0 Å². The lowest BCUT2D eigenvalue weighted by Crippen LogP contribution is -2.31. The molecule has 2 aromatic heterocycles. The maximum Gasteiger partial charge on any atom is 0.310 e. The van der Waals surface area contributed by atoms with Crippen LogP contribution in [0.5, 0.6) is 0 Å². The molecule has 0 aliphatic rings. The highest BCUT2D eigenvalue weighted by Gasteiger charge is 2.27. The van der Waals surface area contributed by atoms with Gasteiger partial charge >= 0.3 is 5.97 Å². The Morgan fingerprint density at radius 2 is 1.77 bits per heavy atom. The number of carboxylic acids is 1. The van der Waals surface area contributed by atoms with E-state index >= 15 is 0 Å². The molecule has 0 bridgehead atoms. The Balaban J connectivity index is 1.69. The van der Waals surface area contributed by atoms with E-state index in [1.165, 1.54) is 17.7 Å². The van der Waals surface area contributed by atoms with E-state index in [-0.39, 0.29) is 6.54 Å². The van der Waals surface area contributed by atoms with Crippen LogP contribution in [0.3, 0.4) is 0 Å². The summed E-state index contributed by atoms with van der Waals surface area (Å²) in [4.78, 5) is 21.2. The van der Waals surface area contributed by atoms with Gasteiger partial charge in [0, 0.05) is 17.7 Å². The topological polar surface area (TPSA) is 88.3 Å². The summed E-state index contributed by atoms with van der Waals surface area (Å²) in [6.45, 7) is 3.67. The van der Waals surface area contributed by atoms with Crippen LogP contribution in [0.1, 0.15) is 13.8 Å². The summed E-state index contributed by atoms with van der Waals surface area (Å²) >= 11 is 1.52. The van der Waals surface area contributed by atoms with Gasteiger partial charge in [-0.2, -0.15) is 0 Å². The van der Waals surface area contributed by atoms with Crippen molar-refractivity contribution in [3.8, 4) is 33.0 Å². The molecule has 0 spiro atoms. The molecule has 2 N–H and O–H groups in total. The van der Waals surface area contributed by atoms with E-state index in [4.69, 9.17) is 9.40 Å². The Labute approximate surface area is 178 Å². The van der Waals surface area contributed by atoms with Gasteiger partial charge in [-0.05, 0) is 19.4 Å². The molecule has 0 amide bonds. The van der Waals surface area contributed by atoms with Crippen LogP contribution in [0.25, 0.3) is 33.0 Å². The number of hydrogen-bond acceptors (Lipinski definition) is 6. The van der Waals surface area contributed by atoms with Crippen molar-refractivity contribution in [3.63, 3.8) is 0 Å². The molecule has 0 saturated carbocycles. The average Bonchev–Trinajstić information content (AvgIpc) is 3.43. The number of thiazole rings is 1. The van der Waals surface area contributed by atoms with Crippen molar-refractivity contribution in [1.82, 2.24) is 9.97 Å². The molecule has 6 nitrogen and oxygen atoms in total. The number of aromatic nitrogens is 2. The normalized spacial score (nSPS) is 11.4. The molecule has 4 rings (SSSR count). The minimum absolute atomic E-state index is 0.286. The summed E-state index contributed by atoms with van der Waals surface area (Å²) in [7, 11) is 0. The van der Waals surface area contributed by atoms with Crippen LogP contribution >= 0.6 is 11.3 Å². The summed E-state index contributed by atoms with van der Waals surface area (Å²) in [5, 5.41) is 13.3. The molecule has 0 aliphatic carbocycles. The van der Waals surface area contributed by atoms with Crippen molar-refractivity contribution >= 4 is 22.4 Å². The largest absolute Gasteiger partial charge is 0.481 e. The van der Waals surface area contributed by atoms with Gasteiger partial charge in [-0.3, -0.25) is 4.79 Å². The number of benzene rings is 2. The van der Waals surface area contributed by atoms with Crippen molar-refractivity contribution in [2.24, 2.45) is 5.41 Å². The van der Waals surface area contributed by atoms with Crippen LogP contribution in [0.2, 0.25) is 0 Å². The molecule has 2 aromatic carbocycles. The summed E-state index contributed by atoms with van der Waals surface area (Å²) in [5.41, 5.74) is 2.94. The molecule has 0 fully saturated rings. The predicted molar refractivity (Wildman–Crippen MR) is 118 cm³/mol. The highest BCUT2D eigenvalue weighted by molar-refractivity contribution is 7.19. The third-order valence-electron chi connectivity index (χ3n) is 4.80. The Kier molecular flexibility index (Phi) is 5.37. The second-order valence-corrected chi connectivity index (χ2v) is 8.55. The summed E-state index contributed by atoms with van der Waals surface area (Å²) in [6.07, 6.45) is 3.09. The van der Waals surface area contributed by atoms with Gasteiger partial charge in [-0.25, -0.2) is 9.97 Å². The standard InChI is InChI=1S/C23H21N3O3S/c1-23(2,21(27)28)13-25-22-26-19(20(30-22)17-6-4-3-5-7-17)16-10-8-15(9-11-16)18-12-24-14-29-18/h3-12,14H,13H2,1-2H3,(H,25,26)(H,27,28). The lowest BCUT2D eigenvalue weighted by molar-refractivity contribution is -0.146. The van der Waals surface area contributed by atoms with Crippen molar-refractivity contribution in [2.45, 2.75) is 13.8 Å². The molecule has 7 heteroatoms. The third-order valence-corrected chi connectivity index (χ3v) is 5.86. The zero-order valence-corrected chi connectivity index (χ0v) is 17.4. The first-order chi connectivity index (χ1) is 14.4. The summed E-state index contributed by atoms with van der Waals surface area (Å²) < 4.78 is 5.36. The number of rotatable bonds is 7. The second-order valence-electron chi connectivity index (χ2n) is 7.55. The van der Waals surface area contributed by atoms with Crippen LogP contribution in [0.4, 0.5) is 5.13 Å². The molecule has 0 aliphatic heterocycles. The van der Waals surface area contributed by atoms with Crippen LogP contribution in [-0.4, -0.2) is 27.6 Å². The number of hydrogen-bond donors (Lipinski definition) is 2. The number of nitrogens with zero attached hydrogens (tertiary/aromatic N) is 2. The van der Waals surface area contributed by atoms with E-state index in [0.717, 1.165) is 27.3 Å². The smallest absolute Gasteiger partial charge is 0.310 e. The van der Waals surface area contributed by atoms with Gasteiger partial charge in [0.2, 0.25) is 0 Å². The monoisotopic (exact) mass is 419 g/mol. The Bertz CT molecular complexity index is 1130. The van der Waals surface area contributed by atoms with E-state index in [0.29, 0.717) is 10.9 Å². The van der Waals surface area contributed by atoms with Gasteiger partial charge in [0.1, 0.15) is 0 Å². The van der Waals surface area contributed by atoms with Crippen molar-refractivity contribution in [2.75, 3.05) is 11.9 Å². The van der Waals surface area contributed by atoms with Crippen LogP contribution < -0.4 is 5.32 Å². The molecule has 30 heavy (non-hydrogen) atoms. The molecule has 4 aromatic rings. The quantitative estimate of drug-likeness (QED) is 0.402. The highest BCUT2D eigenvalue weighted by atomic mass is 32.1. The minimum atomic E-state index is -0.891. The first kappa shape index (κ1) is 19.8. The fourth-order valence-corrected chi connectivity index (χ4v) is 3.89. The lowest BCUT2D eigenvalue weighted by Gasteiger charge is -2.18. The summed E-state index contributed by atoms with van der Waals surface area (Å²) in [6, 6.07) is 18.0. The van der Waals surface area contributed by atoms with Crippen LogP contribution in [0, 0.1) is 5.41 Å². The van der Waals surface area contributed by atoms with Gasteiger partial charge in [-0.1, -0.05) is 65.9 Å². The molecule has 0 unspecified atom stereocenters. The molecule has 0 atom stereocenters. The molecule has 2 heterocycles. The number of anilines is 1. The van der Waals surface area contributed by atoms with E-state index in [1.807, 2.05) is 54.6 Å². The predicted octanol–water partition coefficient (Wildman–Crippen LogP) is 5.65. The number of carboxylic acid groups (broad SMARTS) is 1. The molecule has 0 radical (unpaired) electrons. The third kappa shape index (κ3) is 4.11. The minimum Gasteiger partial charge on any atom is -0.481 e. The Hall–Kier alpha value is -3.45. The number of oxazole rings is 1. The van der Waals surface area contributed by atoms with Crippen LogP contribution in [0.15, 0.2) is 71.6 Å². The first-order valence-electron chi connectivity index (χ1n) is 9.47. The zero-order chi connectivity index (χ0) is 21.1. The fourth-order valence-electron chi connectivity index (χ4n) is 2.90. The number of carbonyl (C=O) groups is 1. The van der Waals surface area contributed by atoms with E-state index in [2.05, 4.69) is 10.3 Å². The van der Waals surface area contributed by atoms with E-state index in [9.17, 15) is 9.90 Å². The number of aliphatic carboxylic acids is 1. The Morgan fingerprint density at radius 1 is 1.07 bits per heavy atom. The van der Waals surface area contributed by atoms with Crippen LogP contribution in [-0.2, 0) is 4.79 Å². The maximum atomic E-state index is 11.4. The lowest BCUT2D eigenvalue weighted by atomic mass is 9.94. The first-order valence-corrected chi connectivity index (χ1v) is 10.3. The van der Waals surface area contributed by atoms with Gasteiger partial charge in [0.05, 0.1) is 22.2 Å². The average molecular weight is 420 g/mol. The van der Waals surface area contributed by atoms with Crippen molar-refractivity contribution in [1.29, 1.82) is 0 Å². The van der Waals surface area contributed by atoms with Gasteiger partial charge < -0.3 is 14.8 Å². The molecule has 152 valence electrons. The second kappa shape index (κ2) is 8.12. The van der Waals surface area contributed by atoms with E-state index < -0.39 is 11.4 Å². The summed E-state index contributed by atoms with van der Waals surface area (Å²) in [5.74, 6) is -0.139. The SMILES string of the molecule is CC(C)(CNc1nc(-c2ccc(-c3cnco3)cc2)c(-c2ccccc2)s1)C(=O)O. The fraction of sp³-hybridized carbons (Fsp3) is 0.174. The van der Waals surface area contributed by atoms with Gasteiger partial charge in [0.15, 0.2) is 17.3 Å². The molecular weight excluding hydrogens is 398 g/mol. The van der Waals surface area contributed by atoms with Gasteiger partial charge in [-0.15, -0.1) is 0 Å². The van der Waals surface area contributed by atoms with Gasteiger partial charge in [0.25, 0.3) is 0 Å². The highest BCUT2D eigenvalue weighted by Crippen LogP contribution is 2.39. The zero-order valence-electron chi connectivity index (χ0n) is 16.6. The van der Waals surface area contributed by atoms with Crippen molar-refractivity contribution in [3.05, 3.63) is 67.2 Å². The maximum absolute atomic E-state index is 11.4. The molecular formula is C23H21N3O3S. The number of nitrogens with one attached hydrogen (secondary N) is 1. The molecule has 0 saturated heterocycles.